The van der Waals surface area contributed by atoms with Gasteiger partial charge in [0.25, 0.3) is 5.69 Å². The van der Waals surface area contributed by atoms with Crippen LogP contribution in [-0.4, -0.2) is 36.0 Å². The maximum Gasteiger partial charge on any atom is 0.274 e. The van der Waals surface area contributed by atoms with Crippen LogP contribution in [0.3, 0.4) is 0 Å². The minimum Gasteiger partial charge on any atom is -0.382 e. The van der Waals surface area contributed by atoms with Crippen molar-refractivity contribution in [1.29, 1.82) is 0 Å². The van der Waals surface area contributed by atoms with E-state index < -0.39 is 0 Å². The lowest BCUT2D eigenvalue weighted by Gasteiger charge is -2.33. The number of piperidine rings is 1. The number of nitrogens with zero attached hydrogens (tertiary/aromatic N) is 2. The summed E-state index contributed by atoms with van der Waals surface area (Å²) in [6.07, 6.45) is 2.36. The predicted molar refractivity (Wildman–Crippen MR) is 85.9 cm³/mol. The van der Waals surface area contributed by atoms with Gasteiger partial charge in [0.15, 0.2) is 0 Å². The Kier molecular flexibility index (Phi) is 4.83. The highest BCUT2D eigenvalue weighted by Crippen LogP contribution is 2.29. The third-order valence-corrected chi connectivity index (χ3v) is 4.59. The van der Waals surface area contributed by atoms with Crippen LogP contribution in [0.25, 0.3) is 0 Å². The standard InChI is InChI=1S/C16H25N3O2/c1-11-9-12(2)16(19(20)21)10-15(11)17-13(3)14-5-7-18(4)8-6-14/h9-10,13-14,17H,5-8H2,1-4H3. The first-order valence-corrected chi connectivity index (χ1v) is 7.59. The van der Waals surface area contributed by atoms with Gasteiger partial charge in [-0.1, -0.05) is 0 Å². The molecule has 1 saturated heterocycles. The number of rotatable bonds is 4. The molecule has 1 aromatic rings. The van der Waals surface area contributed by atoms with Crippen LogP contribution in [0.5, 0.6) is 0 Å². The monoisotopic (exact) mass is 291 g/mol. The van der Waals surface area contributed by atoms with E-state index in [1.165, 1.54) is 12.8 Å². The van der Waals surface area contributed by atoms with Gasteiger partial charge < -0.3 is 10.2 Å². The predicted octanol–water partition coefficient (Wildman–Crippen LogP) is 3.35. The number of nitro benzene ring substituents is 1. The molecule has 116 valence electrons. The van der Waals surface area contributed by atoms with Gasteiger partial charge in [-0.05, 0) is 71.3 Å². The van der Waals surface area contributed by atoms with Crippen LogP contribution in [0.4, 0.5) is 11.4 Å². The Balaban J connectivity index is 2.11. The summed E-state index contributed by atoms with van der Waals surface area (Å²) in [6, 6.07) is 3.90. The number of hydrogen-bond acceptors (Lipinski definition) is 4. The molecule has 1 heterocycles. The second kappa shape index (κ2) is 6.43. The Bertz CT molecular complexity index is 522. The van der Waals surface area contributed by atoms with Crippen LogP contribution in [0, 0.1) is 29.9 Å². The minimum absolute atomic E-state index is 0.193. The molecule has 0 bridgehead atoms. The Morgan fingerprint density at radius 2 is 1.90 bits per heavy atom. The van der Waals surface area contributed by atoms with Gasteiger partial charge in [-0.3, -0.25) is 10.1 Å². The van der Waals surface area contributed by atoms with Gasteiger partial charge in [-0.25, -0.2) is 0 Å². The van der Waals surface area contributed by atoms with E-state index in [4.69, 9.17) is 0 Å². The van der Waals surface area contributed by atoms with Gasteiger partial charge in [0.05, 0.1) is 4.92 Å². The molecule has 21 heavy (non-hydrogen) atoms. The van der Waals surface area contributed by atoms with Gasteiger partial charge in [0.2, 0.25) is 0 Å². The van der Waals surface area contributed by atoms with Crippen molar-refractivity contribution in [3.8, 4) is 0 Å². The summed E-state index contributed by atoms with van der Waals surface area (Å²) < 4.78 is 0. The quantitative estimate of drug-likeness (QED) is 0.682. The summed E-state index contributed by atoms with van der Waals surface area (Å²) in [4.78, 5) is 13.1. The van der Waals surface area contributed by atoms with Gasteiger partial charge in [-0.15, -0.1) is 0 Å². The number of nitrogens with one attached hydrogen (secondary N) is 1. The Morgan fingerprint density at radius 3 is 2.48 bits per heavy atom. The van der Waals surface area contributed by atoms with Crippen LogP contribution in [0.2, 0.25) is 0 Å². The zero-order valence-electron chi connectivity index (χ0n) is 13.3. The lowest BCUT2D eigenvalue weighted by molar-refractivity contribution is -0.385. The molecule has 0 radical (unpaired) electrons. The highest BCUT2D eigenvalue weighted by atomic mass is 16.6. The molecule has 5 nitrogen and oxygen atoms in total. The molecule has 1 aliphatic heterocycles. The first-order valence-electron chi connectivity index (χ1n) is 7.59. The number of nitro groups is 1. The normalized spacial score (nSPS) is 18.5. The van der Waals surface area contributed by atoms with E-state index in [2.05, 4.69) is 24.2 Å². The third-order valence-electron chi connectivity index (χ3n) is 4.59. The van der Waals surface area contributed by atoms with Crippen LogP contribution in [0.15, 0.2) is 12.1 Å². The van der Waals surface area contributed by atoms with Crippen LogP contribution in [-0.2, 0) is 0 Å². The Hall–Kier alpha value is -1.62. The van der Waals surface area contributed by atoms with E-state index in [1.807, 2.05) is 13.0 Å². The van der Waals surface area contributed by atoms with E-state index in [9.17, 15) is 10.1 Å². The summed E-state index contributed by atoms with van der Waals surface area (Å²) in [5.41, 5.74) is 2.87. The van der Waals surface area contributed by atoms with E-state index in [0.29, 0.717) is 12.0 Å². The van der Waals surface area contributed by atoms with Gasteiger partial charge in [0, 0.05) is 23.4 Å². The lowest BCUT2D eigenvalue weighted by Crippen LogP contribution is -2.37. The fourth-order valence-electron chi connectivity index (χ4n) is 3.08. The second-order valence-electron chi connectivity index (χ2n) is 6.28. The smallest absolute Gasteiger partial charge is 0.274 e. The molecule has 1 fully saturated rings. The van der Waals surface area contributed by atoms with E-state index in [0.717, 1.165) is 29.9 Å². The van der Waals surface area contributed by atoms with Crippen molar-refractivity contribution in [1.82, 2.24) is 4.90 Å². The van der Waals surface area contributed by atoms with Crippen molar-refractivity contribution < 1.29 is 4.92 Å². The zero-order valence-corrected chi connectivity index (χ0v) is 13.3. The molecule has 0 amide bonds. The largest absolute Gasteiger partial charge is 0.382 e. The number of hydrogen-bond donors (Lipinski definition) is 1. The summed E-state index contributed by atoms with van der Waals surface area (Å²) in [5, 5.41) is 14.6. The lowest BCUT2D eigenvalue weighted by atomic mass is 9.90. The molecule has 0 aromatic heterocycles. The average molecular weight is 291 g/mol. The summed E-state index contributed by atoms with van der Waals surface area (Å²) in [6.45, 7) is 8.23. The summed E-state index contributed by atoms with van der Waals surface area (Å²) in [5.74, 6) is 0.626. The maximum atomic E-state index is 11.1. The van der Waals surface area contributed by atoms with Crippen molar-refractivity contribution in [3.63, 3.8) is 0 Å². The molecule has 2 rings (SSSR count). The van der Waals surface area contributed by atoms with Crippen molar-refractivity contribution in [2.75, 3.05) is 25.5 Å². The van der Waals surface area contributed by atoms with E-state index in [1.54, 1.807) is 13.0 Å². The van der Waals surface area contributed by atoms with Crippen molar-refractivity contribution >= 4 is 11.4 Å². The Labute approximate surface area is 126 Å². The first kappa shape index (κ1) is 15.8. The van der Waals surface area contributed by atoms with Crippen molar-refractivity contribution in [2.45, 2.75) is 39.7 Å². The number of likely N-dealkylation sites (tertiary alicyclic amines) is 1. The zero-order chi connectivity index (χ0) is 15.6. The highest BCUT2D eigenvalue weighted by molar-refractivity contribution is 5.60. The Morgan fingerprint density at radius 1 is 1.29 bits per heavy atom. The molecule has 1 atom stereocenters. The fourth-order valence-corrected chi connectivity index (χ4v) is 3.08. The average Bonchev–Trinajstić information content (AvgIpc) is 2.42. The maximum absolute atomic E-state index is 11.1. The van der Waals surface area contributed by atoms with E-state index in [-0.39, 0.29) is 10.6 Å². The molecule has 0 saturated carbocycles. The summed E-state index contributed by atoms with van der Waals surface area (Å²) >= 11 is 0. The SMILES string of the molecule is Cc1cc(C)c([N+](=O)[O-])cc1NC(C)C1CCN(C)CC1. The van der Waals surface area contributed by atoms with Gasteiger partial charge in [0.1, 0.15) is 0 Å². The second-order valence-corrected chi connectivity index (χ2v) is 6.28. The van der Waals surface area contributed by atoms with Crippen LogP contribution >= 0.6 is 0 Å². The highest BCUT2D eigenvalue weighted by Gasteiger charge is 2.23. The van der Waals surface area contributed by atoms with Crippen LogP contribution < -0.4 is 5.32 Å². The first-order chi connectivity index (χ1) is 9.88. The molecule has 1 aliphatic rings. The number of anilines is 1. The van der Waals surface area contributed by atoms with E-state index >= 15 is 0 Å². The topological polar surface area (TPSA) is 58.4 Å². The third kappa shape index (κ3) is 3.73. The van der Waals surface area contributed by atoms with Crippen molar-refractivity contribution in [2.24, 2.45) is 5.92 Å². The number of benzene rings is 1. The molecule has 1 N–H and O–H groups in total. The molecule has 0 aliphatic carbocycles. The molecule has 5 heteroatoms. The molecular weight excluding hydrogens is 266 g/mol. The van der Waals surface area contributed by atoms with Gasteiger partial charge in [-0.2, -0.15) is 0 Å². The fraction of sp³-hybridized carbons (Fsp3) is 0.625. The number of aryl methyl sites for hydroxylation is 2. The van der Waals surface area contributed by atoms with Crippen LogP contribution in [0.1, 0.15) is 30.9 Å². The van der Waals surface area contributed by atoms with Gasteiger partial charge >= 0.3 is 0 Å². The molecule has 1 aromatic carbocycles. The molecule has 1 unspecified atom stereocenters. The molecular formula is C16H25N3O2. The minimum atomic E-state index is -0.305. The summed E-state index contributed by atoms with van der Waals surface area (Å²) in [7, 11) is 2.15. The molecule has 0 spiro atoms. The van der Waals surface area contributed by atoms with Crippen molar-refractivity contribution in [3.05, 3.63) is 33.4 Å².